The molecule has 31 heavy (non-hydrogen) atoms. The maximum atomic E-state index is 4.80. The highest BCUT2D eigenvalue weighted by Gasteiger charge is 2.22. The molecule has 0 spiro atoms. The summed E-state index contributed by atoms with van der Waals surface area (Å²) < 4.78 is 1.34. The highest BCUT2D eigenvalue weighted by atomic mass is 127. The summed E-state index contributed by atoms with van der Waals surface area (Å²) in [6, 6.07) is 15.4. The normalized spacial score (nSPS) is 18.8. The van der Waals surface area contributed by atoms with E-state index in [9.17, 15) is 0 Å². The Morgan fingerprint density at radius 1 is 1.03 bits per heavy atom. The van der Waals surface area contributed by atoms with Crippen LogP contribution in [0.3, 0.4) is 0 Å². The van der Waals surface area contributed by atoms with Crippen LogP contribution in [0.2, 0.25) is 0 Å². The number of hydrogen-bond acceptors (Lipinski definition) is 5. The first kappa shape index (κ1) is 22.3. The summed E-state index contributed by atoms with van der Waals surface area (Å²) >= 11 is 2.42. The fourth-order valence-corrected chi connectivity index (χ4v) is 4.91. The van der Waals surface area contributed by atoms with Crippen LogP contribution in [0.4, 0.5) is 11.8 Å². The van der Waals surface area contributed by atoms with Gasteiger partial charge in [0.2, 0.25) is 5.95 Å². The number of benzene rings is 2. The summed E-state index contributed by atoms with van der Waals surface area (Å²) in [6.07, 6.45) is 4.82. The minimum absolute atomic E-state index is 0.450. The number of rotatable bonds is 7. The molecule has 0 bridgehead atoms. The molecule has 4 rings (SSSR count). The molecule has 1 saturated carbocycles. The lowest BCUT2D eigenvalue weighted by Crippen LogP contribution is -2.31. The predicted molar refractivity (Wildman–Crippen MR) is 139 cm³/mol. The highest BCUT2D eigenvalue weighted by Crippen LogP contribution is 2.28. The van der Waals surface area contributed by atoms with E-state index in [1.807, 2.05) is 26.2 Å². The van der Waals surface area contributed by atoms with Crippen LogP contribution in [0.25, 0.3) is 10.9 Å². The lowest BCUT2D eigenvalue weighted by molar-refractivity contribution is 0.324. The third-order valence-corrected chi connectivity index (χ3v) is 7.35. The number of halogens is 1. The minimum atomic E-state index is 0.450. The third-order valence-electron chi connectivity index (χ3n) is 6.19. The number of fused-ring (bicyclic) bond motifs is 1. The Morgan fingerprint density at radius 2 is 1.81 bits per heavy atom. The highest BCUT2D eigenvalue weighted by molar-refractivity contribution is 14.1. The number of nitrogens with zero attached hydrogens (tertiary/aromatic N) is 3. The second-order valence-corrected chi connectivity index (χ2v) is 10.0. The van der Waals surface area contributed by atoms with Crippen molar-refractivity contribution in [3.63, 3.8) is 0 Å². The molecule has 1 aliphatic rings. The van der Waals surface area contributed by atoms with E-state index < -0.39 is 0 Å². The number of para-hydroxylation sites is 1. The van der Waals surface area contributed by atoms with E-state index in [-0.39, 0.29) is 0 Å². The first-order chi connectivity index (χ1) is 15.0. The molecule has 0 atom stereocenters. The van der Waals surface area contributed by atoms with Gasteiger partial charge in [-0.3, -0.25) is 0 Å². The summed E-state index contributed by atoms with van der Waals surface area (Å²) in [5, 5.41) is 8.37. The lowest BCUT2D eigenvalue weighted by atomic mass is 9.86. The van der Waals surface area contributed by atoms with E-state index >= 15 is 0 Å². The molecule has 0 radical (unpaired) electrons. The smallest absolute Gasteiger partial charge is 0.225 e. The SMILES string of the molecule is Cc1ccc(CNCC2CCC(Nc3nc(N(C)C)c4ccccc4n3)CC2)cc1I. The molecular formula is C25H32IN5. The van der Waals surface area contributed by atoms with E-state index in [0.29, 0.717) is 6.04 Å². The van der Waals surface area contributed by atoms with E-state index in [4.69, 9.17) is 9.97 Å². The molecule has 1 aliphatic carbocycles. The fraction of sp³-hybridized carbons (Fsp3) is 0.440. The Labute approximate surface area is 199 Å². The van der Waals surface area contributed by atoms with Crippen LogP contribution in [-0.4, -0.2) is 36.6 Å². The number of nitrogens with one attached hydrogen (secondary N) is 2. The number of hydrogen-bond donors (Lipinski definition) is 2. The van der Waals surface area contributed by atoms with Gasteiger partial charge in [-0.1, -0.05) is 24.3 Å². The first-order valence-corrected chi connectivity index (χ1v) is 12.2. The molecule has 0 amide bonds. The maximum Gasteiger partial charge on any atom is 0.225 e. The van der Waals surface area contributed by atoms with E-state index in [1.54, 1.807) is 0 Å². The van der Waals surface area contributed by atoms with Crippen molar-refractivity contribution in [3.8, 4) is 0 Å². The molecule has 2 aromatic carbocycles. The number of aryl methyl sites for hydroxylation is 1. The molecule has 1 aromatic heterocycles. The van der Waals surface area contributed by atoms with Crippen LogP contribution in [0.5, 0.6) is 0 Å². The van der Waals surface area contributed by atoms with Crippen LogP contribution in [0.1, 0.15) is 36.8 Å². The molecule has 5 nitrogen and oxygen atoms in total. The molecule has 1 heterocycles. The van der Waals surface area contributed by atoms with Gasteiger partial charge in [0, 0.05) is 35.6 Å². The molecule has 1 fully saturated rings. The Hall–Kier alpha value is -1.93. The number of anilines is 2. The fourth-order valence-electron chi connectivity index (χ4n) is 4.33. The minimum Gasteiger partial charge on any atom is -0.362 e. The van der Waals surface area contributed by atoms with Crippen LogP contribution >= 0.6 is 22.6 Å². The molecule has 0 unspecified atom stereocenters. The Bertz CT molecular complexity index is 1030. The van der Waals surface area contributed by atoms with Gasteiger partial charge in [0.25, 0.3) is 0 Å². The summed E-state index contributed by atoms with van der Waals surface area (Å²) in [4.78, 5) is 11.6. The van der Waals surface area contributed by atoms with Gasteiger partial charge < -0.3 is 15.5 Å². The number of aromatic nitrogens is 2. The third kappa shape index (κ3) is 5.66. The summed E-state index contributed by atoms with van der Waals surface area (Å²) in [6.45, 7) is 4.21. The molecular weight excluding hydrogens is 497 g/mol. The van der Waals surface area contributed by atoms with Crippen molar-refractivity contribution in [3.05, 3.63) is 57.2 Å². The zero-order chi connectivity index (χ0) is 21.8. The monoisotopic (exact) mass is 529 g/mol. The van der Waals surface area contributed by atoms with Gasteiger partial charge in [0.1, 0.15) is 5.82 Å². The second-order valence-electron chi connectivity index (χ2n) is 8.86. The van der Waals surface area contributed by atoms with Crippen molar-refractivity contribution in [1.82, 2.24) is 15.3 Å². The van der Waals surface area contributed by atoms with E-state index in [1.165, 1.54) is 40.4 Å². The zero-order valence-corrected chi connectivity index (χ0v) is 20.8. The van der Waals surface area contributed by atoms with Crippen molar-refractivity contribution in [2.24, 2.45) is 5.92 Å². The van der Waals surface area contributed by atoms with Gasteiger partial charge in [0.15, 0.2) is 0 Å². The maximum absolute atomic E-state index is 4.80. The largest absolute Gasteiger partial charge is 0.362 e. The Kier molecular flexibility index (Phi) is 7.27. The van der Waals surface area contributed by atoms with Crippen molar-refractivity contribution in [1.29, 1.82) is 0 Å². The van der Waals surface area contributed by atoms with E-state index in [0.717, 1.165) is 41.7 Å². The molecule has 2 N–H and O–H groups in total. The van der Waals surface area contributed by atoms with Gasteiger partial charge in [0.05, 0.1) is 5.52 Å². The van der Waals surface area contributed by atoms with Gasteiger partial charge in [-0.05, 0) is 97.0 Å². The zero-order valence-electron chi connectivity index (χ0n) is 18.7. The first-order valence-electron chi connectivity index (χ1n) is 11.2. The summed E-state index contributed by atoms with van der Waals surface area (Å²) in [5.41, 5.74) is 3.71. The van der Waals surface area contributed by atoms with Crippen molar-refractivity contribution < 1.29 is 0 Å². The Morgan fingerprint density at radius 3 is 2.55 bits per heavy atom. The second kappa shape index (κ2) is 10.1. The molecule has 164 valence electrons. The van der Waals surface area contributed by atoms with E-state index in [2.05, 4.69) is 75.4 Å². The van der Waals surface area contributed by atoms with Crippen LogP contribution in [-0.2, 0) is 6.54 Å². The topological polar surface area (TPSA) is 53.1 Å². The lowest BCUT2D eigenvalue weighted by Gasteiger charge is -2.29. The van der Waals surface area contributed by atoms with Gasteiger partial charge in [-0.2, -0.15) is 4.98 Å². The van der Waals surface area contributed by atoms with Gasteiger partial charge in [-0.15, -0.1) is 0 Å². The van der Waals surface area contributed by atoms with Crippen LogP contribution in [0.15, 0.2) is 42.5 Å². The van der Waals surface area contributed by atoms with Crippen molar-refractivity contribution in [2.75, 3.05) is 30.9 Å². The molecule has 6 heteroatoms. The average molecular weight is 529 g/mol. The Balaban J connectivity index is 1.29. The molecule has 0 aliphatic heterocycles. The molecule has 3 aromatic rings. The van der Waals surface area contributed by atoms with Gasteiger partial charge >= 0.3 is 0 Å². The van der Waals surface area contributed by atoms with Crippen molar-refractivity contribution >= 4 is 45.3 Å². The summed E-state index contributed by atoms with van der Waals surface area (Å²) in [7, 11) is 4.07. The van der Waals surface area contributed by atoms with Gasteiger partial charge in [-0.25, -0.2) is 4.98 Å². The van der Waals surface area contributed by atoms with Crippen molar-refractivity contribution in [2.45, 2.75) is 45.2 Å². The predicted octanol–water partition coefficient (Wildman–Crippen LogP) is 5.37. The standard InChI is InChI=1S/C25H32IN5/c1-17-8-9-19(14-22(17)26)16-27-15-18-10-12-20(13-11-18)28-25-29-23-7-5-4-6-21(23)24(30-25)31(2)3/h4-9,14,18,20,27H,10-13,15-16H2,1-3H3,(H,28,29,30). The molecule has 0 saturated heterocycles. The average Bonchev–Trinajstić information content (AvgIpc) is 2.77. The van der Waals surface area contributed by atoms with Crippen LogP contribution < -0.4 is 15.5 Å². The van der Waals surface area contributed by atoms with Crippen LogP contribution in [0, 0.1) is 16.4 Å². The summed E-state index contributed by atoms with van der Waals surface area (Å²) in [5.74, 6) is 2.46. The quantitative estimate of drug-likeness (QED) is 0.404.